The van der Waals surface area contributed by atoms with Crippen LogP contribution in [0.2, 0.25) is 0 Å². The number of nitrogens with one attached hydrogen (secondary N) is 2. The standard InChI is InChI=1S/C11H14BrN3OS2/c1-2-18-4-3-14-11(17)15-10(16)8-5-9(12)7-13-6-8/h5-7H,2-4H2,1H3,(H2,14,15,16,17). The van der Waals surface area contributed by atoms with Gasteiger partial charge in [-0.05, 0) is 40.0 Å². The van der Waals surface area contributed by atoms with Crippen LogP contribution in [0.15, 0.2) is 22.9 Å². The number of thiocarbonyl (C=S) groups is 1. The third kappa shape index (κ3) is 5.79. The molecule has 1 rings (SSSR count). The van der Waals surface area contributed by atoms with Crippen molar-refractivity contribution < 1.29 is 4.79 Å². The minimum absolute atomic E-state index is 0.260. The molecule has 0 fully saturated rings. The molecule has 4 nitrogen and oxygen atoms in total. The molecule has 1 aromatic rings. The Morgan fingerprint density at radius 1 is 1.56 bits per heavy atom. The lowest BCUT2D eigenvalue weighted by Crippen LogP contribution is -2.40. The molecule has 0 bridgehead atoms. The molecule has 0 aliphatic rings. The Bertz CT molecular complexity index is 429. The number of amides is 1. The van der Waals surface area contributed by atoms with Gasteiger partial charge in [0.25, 0.3) is 5.91 Å². The third-order valence-corrected chi connectivity index (χ3v) is 3.51. The predicted molar refractivity (Wildman–Crippen MR) is 83.0 cm³/mol. The fraction of sp³-hybridized carbons (Fsp3) is 0.364. The number of thioether (sulfide) groups is 1. The van der Waals surface area contributed by atoms with E-state index in [1.165, 1.54) is 6.20 Å². The van der Waals surface area contributed by atoms with E-state index in [1.54, 1.807) is 12.3 Å². The van der Waals surface area contributed by atoms with Gasteiger partial charge in [-0.1, -0.05) is 6.92 Å². The van der Waals surface area contributed by atoms with Crippen LogP contribution in [-0.2, 0) is 0 Å². The number of carbonyl (C=O) groups is 1. The van der Waals surface area contributed by atoms with Crippen molar-refractivity contribution in [3.63, 3.8) is 0 Å². The molecule has 0 aliphatic carbocycles. The van der Waals surface area contributed by atoms with E-state index in [-0.39, 0.29) is 5.91 Å². The molecule has 0 aliphatic heterocycles. The van der Waals surface area contributed by atoms with Gasteiger partial charge >= 0.3 is 0 Å². The number of hydrogen-bond donors (Lipinski definition) is 2. The first-order valence-corrected chi connectivity index (χ1v) is 7.76. The van der Waals surface area contributed by atoms with E-state index in [1.807, 2.05) is 11.8 Å². The number of carbonyl (C=O) groups excluding carboxylic acids is 1. The summed E-state index contributed by atoms with van der Waals surface area (Å²) in [7, 11) is 0. The van der Waals surface area contributed by atoms with Gasteiger partial charge in [0, 0.05) is 29.2 Å². The minimum Gasteiger partial charge on any atom is -0.362 e. The maximum absolute atomic E-state index is 11.8. The van der Waals surface area contributed by atoms with Crippen LogP contribution < -0.4 is 10.6 Å². The lowest BCUT2D eigenvalue weighted by atomic mass is 10.3. The molecule has 98 valence electrons. The number of hydrogen-bond acceptors (Lipinski definition) is 4. The number of nitrogens with zero attached hydrogens (tertiary/aromatic N) is 1. The summed E-state index contributed by atoms with van der Waals surface area (Å²) in [4.78, 5) is 15.7. The zero-order chi connectivity index (χ0) is 13.4. The topological polar surface area (TPSA) is 54.0 Å². The molecule has 0 radical (unpaired) electrons. The van der Waals surface area contributed by atoms with Crippen LogP contribution >= 0.6 is 39.9 Å². The van der Waals surface area contributed by atoms with Crippen LogP contribution in [0.25, 0.3) is 0 Å². The highest BCUT2D eigenvalue weighted by atomic mass is 79.9. The summed E-state index contributed by atoms with van der Waals surface area (Å²) < 4.78 is 0.758. The second kappa shape index (κ2) is 8.44. The molecule has 2 N–H and O–H groups in total. The maximum atomic E-state index is 11.8. The Morgan fingerprint density at radius 3 is 3.00 bits per heavy atom. The first kappa shape index (κ1) is 15.4. The van der Waals surface area contributed by atoms with Crippen molar-refractivity contribution in [2.45, 2.75) is 6.92 Å². The Hall–Kier alpha value is -0.660. The number of halogens is 1. The number of aromatic nitrogens is 1. The molecule has 0 spiro atoms. The van der Waals surface area contributed by atoms with Crippen molar-refractivity contribution in [3.8, 4) is 0 Å². The van der Waals surface area contributed by atoms with E-state index >= 15 is 0 Å². The largest absolute Gasteiger partial charge is 0.362 e. The van der Waals surface area contributed by atoms with Crippen molar-refractivity contribution >= 4 is 50.9 Å². The van der Waals surface area contributed by atoms with Crippen molar-refractivity contribution in [1.29, 1.82) is 0 Å². The first-order chi connectivity index (χ1) is 8.63. The zero-order valence-electron chi connectivity index (χ0n) is 9.90. The van der Waals surface area contributed by atoms with Gasteiger partial charge in [-0.15, -0.1) is 0 Å². The fourth-order valence-electron chi connectivity index (χ4n) is 1.14. The summed E-state index contributed by atoms with van der Waals surface area (Å²) >= 11 is 10.1. The summed E-state index contributed by atoms with van der Waals surface area (Å²) in [6, 6.07) is 1.69. The molecular formula is C11H14BrN3OS2. The van der Waals surface area contributed by atoms with Crippen molar-refractivity contribution in [1.82, 2.24) is 15.6 Å². The van der Waals surface area contributed by atoms with Crippen molar-refractivity contribution in [2.75, 3.05) is 18.1 Å². The third-order valence-electron chi connectivity index (χ3n) is 1.93. The van der Waals surface area contributed by atoms with Gasteiger partial charge in [0.1, 0.15) is 0 Å². The minimum atomic E-state index is -0.260. The normalized spacial score (nSPS) is 9.89. The molecular weight excluding hydrogens is 334 g/mol. The van der Waals surface area contributed by atoms with Crippen LogP contribution in [0.5, 0.6) is 0 Å². The van der Waals surface area contributed by atoms with Crippen LogP contribution in [-0.4, -0.2) is 34.1 Å². The summed E-state index contributed by atoms with van der Waals surface area (Å²) in [6.07, 6.45) is 3.12. The molecule has 18 heavy (non-hydrogen) atoms. The molecule has 1 aromatic heterocycles. The van der Waals surface area contributed by atoms with Crippen molar-refractivity contribution in [3.05, 3.63) is 28.5 Å². The van der Waals surface area contributed by atoms with E-state index in [2.05, 4.69) is 38.5 Å². The highest BCUT2D eigenvalue weighted by Crippen LogP contribution is 2.09. The van der Waals surface area contributed by atoms with E-state index in [0.29, 0.717) is 10.7 Å². The summed E-state index contributed by atoms with van der Waals surface area (Å²) in [5.41, 5.74) is 0.469. The molecule has 0 atom stereocenters. The fourth-order valence-corrected chi connectivity index (χ4v) is 2.23. The van der Waals surface area contributed by atoms with Gasteiger partial charge in [-0.25, -0.2) is 0 Å². The molecule has 7 heteroatoms. The van der Waals surface area contributed by atoms with Crippen LogP contribution in [0.1, 0.15) is 17.3 Å². The molecule has 0 aromatic carbocycles. The predicted octanol–water partition coefficient (Wildman–Crippen LogP) is 2.20. The Morgan fingerprint density at radius 2 is 2.33 bits per heavy atom. The Kier molecular flexibility index (Phi) is 7.22. The first-order valence-electron chi connectivity index (χ1n) is 5.41. The van der Waals surface area contributed by atoms with Gasteiger partial charge in [0.2, 0.25) is 0 Å². The molecule has 1 amide bonds. The zero-order valence-corrected chi connectivity index (χ0v) is 13.1. The van der Waals surface area contributed by atoms with E-state index in [9.17, 15) is 4.79 Å². The van der Waals surface area contributed by atoms with Crippen LogP contribution in [0, 0.1) is 0 Å². The highest BCUT2D eigenvalue weighted by molar-refractivity contribution is 9.10. The number of pyridine rings is 1. The van der Waals surface area contributed by atoms with Gasteiger partial charge in [-0.3, -0.25) is 15.1 Å². The summed E-state index contributed by atoms with van der Waals surface area (Å²) in [5.74, 6) is 1.78. The monoisotopic (exact) mass is 347 g/mol. The summed E-state index contributed by atoms with van der Waals surface area (Å²) in [6.45, 7) is 2.85. The van der Waals surface area contributed by atoms with Crippen LogP contribution in [0.3, 0.4) is 0 Å². The van der Waals surface area contributed by atoms with E-state index < -0.39 is 0 Å². The van der Waals surface area contributed by atoms with Gasteiger partial charge < -0.3 is 5.32 Å². The SMILES string of the molecule is CCSCCNC(=S)NC(=O)c1cncc(Br)c1. The molecule has 1 heterocycles. The quantitative estimate of drug-likeness (QED) is 0.631. The average molecular weight is 348 g/mol. The molecule has 0 saturated heterocycles. The van der Waals surface area contributed by atoms with Gasteiger partial charge in [0.05, 0.1) is 5.56 Å². The maximum Gasteiger partial charge on any atom is 0.259 e. The second-order valence-electron chi connectivity index (χ2n) is 3.30. The Labute approximate surface area is 124 Å². The van der Waals surface area contributed by atoms with Gasteiger partial charge in [0.15, 0.2) is 5.11 Å². The van der Waals surface area contributed by atoms with E-state index in [4.69, 9.17) is 12.2 Å². The molecule has 0 saturated carbocycles. The Balaban J connectivity index is 2.38. The average Bonchev–Trinajstić information content (AvgIpc) is 2.34. The molecule has 0 unspecified atom stereocenters. The lowest BCUT2D eigenvalue weighted by Gasteiger charge is -2.09. The van der Waals surface area contributed by atoms with E-state index in [0.717, 1.165) is 22.5 Å². The second-order valence-corrected chi connectivity index (χ2v) is 6.02. The van der Waals surface area contributed by atoms with Crippen molar-refractivity contribution in [2.24, 2.45) is 0 Å². The highest BCUT2D eigenvalue weighted by Gasteiger charge is 2.08. The lowest BCUT2D eigenvalue weighted by molar-refractivity contribution is 0.0976. The van der Waals surface area contributed by atoms with Crippen LogP contribution in [0.4, 0.5) is 0 Å². The summed E-state index contributed by atoms with van der Waals surface area (Å²) in [5, 5.41) is 5.94. The van der Waals surface area contributed by atoms with Gasteiger partial charge in [-0.2, -0.15) is 11.8 Å². The smallest absolute Gasteiger partial charge is 0.259 e. The number of rotatable bonds is 5.